The van der Waals surface area contributed by atoms with E-state index >= 15 is 0 Å². The molecule has 2 saturated heterocycles. The molecule has 4 aromatic carbocycles. The van der Waals surface area contributed by atoms with Gasteiger partial charge in [-0.25, -0.2) is 9.80 Å². The molecular weight excluding hydrogens is 660 g/mol. The van der Waals surface area contributed by atoms with Crippen LogP contribution in [0.25, 0.3) is 0 Å². The lowest BCUT2D eigenvalue weighted by molar-refractivity contribution is -0.123. The third kappa shape index (κ3) is 8.76. The van der Waals surface area contributed by atoms with Gasteiger partial charge in [0, 0.05) is 24.3 Å². The van der Waals surface area contributed by atoms with Gasteiger partial charge in [0.05, 0.1) is 49.5 Å². The van der Waals surface area contributed by atoms with E-state index in [-0.39, 0.29) is 36.5 Å². The predicted molar refractivity (Wildman–Crippen MR) is 200 cm³/mol. The zero-order valence-corrected chi connectivity index (χ0v) is 29.2. The molecule has 52 heavy (non-hydrogen) atoms. The number of nitrogens with one attached hydrogen (secondary N) is 1. The Hall–Kier alpha value is -5.72. The topological polar surface area (TPSA) is 161 Å². The van der Waals surface area contributed by atoms with Crippen molar-refractivity contribution in [1.29, 1.82) is 0 Å². The minimum Gasteiger partial charge on any atom is -0.493 e. The number of imide groups is 2. The van der Waals surface area contributed by atoms with E-state index in [4.69, 9.17) is 20.9 Å². The fourth-order valence-electron chi connectivity index (χ4n) is 6.34. The van der Waals surface area contributed by atoms with Crippen LogP contribution in [0.4, 0.5) is 22.7 Å². The van der Waals surface area contributed by atoms with Gasteiger partial charge in [-0.15, -0.1) is 0 Å². The van der Waals surface area contributed by atoms with Gasteiger partial charge in [0.2, 0.25) is 11.8 Å². The molecule has 12 heteroatoms. The fourth-order valence-corrected chi connectivity index (χ4v) is 6.34. The number of nitrogen functional groups attached to an aromatic ring is 2. The number of hydrogen-bond acceptors (Lipinski definition) is 10. The summed E-state index contributed by atoms with van der Waals surface area (Å²) in [5, 5.41) is 3.21. The number of carbonyl (C=O) groups is 4. The normalized spacial score (nSPS) is 17.4. The first kappa shape index (κ1) is 36.1. The molecule has 2 atom stereocenters. The molecule has 0 aromatic heterocycles. The van der Waals surface area contributed by atoms with Crippen molar-refractivity contribution in [1.82, 2.24) is 10.2 Å². The zero-order valence-electron chi connectivity index (χ0n) is 29.2. The molecule has 6 rings (SSSR count). The number of hydrogen-bond donors (Lipinski definition) is 3. The molecule has 2 unspecified atom stereocenters. The van der Waals surface area contributed by atoms with Gasteiger partial charge < -0.3 is 26.3 Å². The molecule has 270 valence electrons. The van der Waals surface area contributed by atoms with Crippen LogP contribution in [0.3, 0.4) is 0 Å². The van der Waals surface area contributed by atoms with Gasteiger partial charge in [0.15, 0.2) is 0 Å². The van der Waals surface area contributed by atoms with Gasteiger partial charge in [0.1, 0.15) is 11.5 Å². The van der Waals surface area contributed by atoms with Crippen molar-refractivity contribution in [2.75, 3.05) is 54.6 Å². The largest absolute Gasteiger partial charge is 0.493 e. The smallest absolute Gasteiger partial charge is 0.251 e. The molecule has 4 aromatic rings. The van der Waals surface area contributed by atoms with Crippen LogP contribution < -0.4 is 36.1 Å². The third-order valence-electron chi connectivity index (χ3n) is 9.33. The minimum absolute atomic E-state index is 0.112. The maximum Gasteiger partial charge on any atom is 0.251 e. The number of nitrogens with two attached hydrogens (primary N) is 2. The van der Waals surface area contributed by atoms with Crippen molar-refractivity contribution in [3.63, 3.8) is 0 Å². The number of ether oxygens (including phenoxy) is 2. The predicted octanol–water partition coefficient (Wildman–Crippen LogP) is 3.97. The molecule has 12 nitrogen and oxygen atoms in total. The van der Waals surface area contributed by atoms with Crippen LogP contribution in [-0.4, -0.2) is 74.0 Å². The van der Waals surface area contributed by atoms with Gasteiger partial charge in [-0.2, -0.15) is 0 Å². The minimum atomic E-state index is -0.560. The summed E-state index contributed by atoms with van der Waals surface area (Å²) in [5.74, 6) is 0.254. The van der Waals surface area contributed by atoms with Crippen LogP contribution in [0.2, 0.25) is 0 Å². The Bertz CT molecular complexity index is 1860. The number of carbonyl (C=O) groups excluding carboxylic acids is 4. The summed E-state index contributed by atoms with van der Waals surface area (Å²) in [5.41, 5.74) is 16.2. The number of anilines is 4. The molecule has 4 amide bonds. The van der Waals surface area contributed by atoms with E-state index in [0.29, 0.717) is 67.0 Å². The molecule has 2 aliphatic heterocycles. The van der Waals surface area contributed by atoms with Crippen LogP contribution in [0.5, 0.6) is 11.5 Å². The lowest BCUT2D eigenvalue weighted by Gasteiger charge is -2.23. The highest BCUT2D eigenvalue weighted by molar-refractivity contribution is 6.23. The van der Waals surface area contributed by atoms with Gasteiger partial charge in [-0.1, -0.05) is 24.3 Å². The number of rotatable bonds is 16. The van der Waals surface area contributed by atoms with Crippen LogP contribution in [0.1, 0.15) is 30.4 Å². The van der Waals surface area contributed by atoms with Gasteiger partial charge >= 0.3 is 0 Å². The highest BCUT2D eigenvalue weighted by Gasteiger charge is 2.42. The monoisotopic (exact) mass is 704 g/mol. The Morgan fingerprint density at radius 3 is 1.67 bits per heavy atom. The van der Waals surface area contributed by atoms with Gasteiger partial charge in [-0.05, 0) is 110 Å². The number of likely N-dealkylation sites (N-methyl/N-ethyl adjacent to an activating group) is 1. The summed E-state index contributed by atoms with van der Waals surface area (Å²) >= 11 is 0. The quantitative estimate of drug-likeness (QED) is 0.0885. The highest BCUT2D eigenvalue weighted by atomic mass is 16.5. The second kappa shape index (κ2) is 16.5. The number of amides is 4. The Labute approximate surface area is 303 Å². The van der Waals surface area contributed by atoms with E-state index in [1.807, 2.05) is 60.5 Å². The maximum absolute atomic E-state index is 13.2. The first-order valence-corrected chi connectivity index (χ1v) is 17.5. The molecule has 0 saturated carbocycles. The highest BCUT2D eigenvalue weighted by Crippen LogP contribution is 2.28. The number of benzene rings is 4. The maximum atomic E-state index is 13.2. The van der Waals surface area contributed by atoms with Crippen molar-refractivity contribution < 1.29 is 28.7 Å². The van der Waals surface area contributed by atoms with Gasteiger partial charge in [-0.3, -0.25) is 24.1 Å². The average Bonchev–Trinajstić information content (AvgIpc) is 3.61. The van der Waals surface area contributed by atoms with E-state index in [0.717, 1.165) is 24.0 Å². The van der Waals surface area contributed by atoms with E-state index < -0.39 is 12.1 Å². The number of nitrogens with zero attached hydrogens (tertiary/aromatic N) is 3. The summed E-state index contributed by atoms with van der Waals surface area (Å²) in [7, 11) is 1.87. The lowest BCUT2D eigenvalue weighted by atomic mass is 10.1. The van der Waals surface area contributed by atoms with Crippen LogP contribution in [0, 0.1) is 0 Å². The van der Waals surface area contributed by atoms with Crippen molar-refractivity contribution in [2.24, 2.45) is 0 Å². The first-order valence-electron chi connectivity index (χ1n) is 17.5. The fraction of sp³-hybridized carbons (Fsp3) is 0.300. The summed E-state index contributed by atoms with van der Waals surface area (Å²) < 4.78 is 11.7. The third-order valence-corrected chi connectivity index (χ3v) is 9.33. The molecule has 2 aliphatic rings. The molecular formula is C40H44N6O6. The zero-order chi connectivity index (χ0) is 36.6. The molecule has 0 radical (unpaired) electrons. The Morgan fingerprint density at radius 1 is 0.654 bits per heavy atom. The molecule has 0 aliphatic carbocycles. The standard InChI is InChI=1S/C40H44N6O6/c1-44(22-20-28-5-9-30(42)10-6-28)36-26-38(48)46(40(36)50)32-13-17-34(18-14-32)52-24-2-23-51-33-15-11-31(12-16-33)45-37(47)25-35(39(45)49)43-21-19-27-3-7-29(41)8-4-27/h3-18,35-36,43H,2,19-26,41-42H2,1H3. The summed E-state index contributed by atoms with van der Waals surface area (Å²) in [6.07, 6.45) is 2.31. The van der Waals surface area contributed by atoms with Crippen LogP contribution in [-0.2, 0) is 32.0 Å². The van der Waals surface area contributed by atoms with Crippen LogP contribution in [0.15, 0.2) is 97.1 Å². The van der Waals surface area contributed by atoms with Crippen molar-refractivity contribution >= 4 is 46.4 Å². The summed E-state index contributed by atoms with van der Waals surface area (Å²) in [4.78, 5) is 56.2. The lowest BCUT2D eigenvalue weighted by Crippen LogP contribution is -2.40. The van der Waals surface area contributed by atoms with Crippen molar-refractivity contribution in [2.45, 2.75) is 44.2 Å². The van der Waals surface area contributed by atoms with E-state index in [9.17, 15) is 19.2 Å². The first-order chi connectivity index (χ1) is 25.2. The van der Waals surface area contributed by atoms with Gasteiger partial charge in [0.25, 0.3) is 11.8 Å². The van der Waals surface area contributed by atoms with Crippen molar-refractivity contribution in [3.05, 3.63) is 108 Å². The van der Waals surface area contributed by atoms with E-state index in [1.54, 1.807) is 48.5 Å². The summed E-state index contributed by atoms with van der Waals surface area (Å²) in [6, 6.07) is 28.0. The second-order valence-corrected chi connectivity index (χ2v) is 13.1. The van der Waals surface area contributed by atoms with E-state index in [2.05, 4.69) is 5.32 Å². The molecule has 2 heterocycles. The SMILES string of the molecule is CN(CCc1ccc(N)cc1)C1CC(=O)N(c2ccc(OCCCOc3ccc(N4C(=O)CC(NCCc5ccc(N)cc5)C4=O)cc3)cc2)C1=O. The Morgan fingerprint density at radius 2 is 1.13 bits per heavy atom. The second-order valence-electron chi connectivity index (χ2n) is 13.1. The summed E-state index contributed by atoms with van der Waals surface area (Å²) in [6.45, 7) is 1.98. The van der Waals surface area contributed by atoms with Crippen molar-refractivity contribution in [3.8, 4) is 11.5 Å². The average molecular weight is 705 g/mol. The molecule has 0 bridgehead atoms. The molecule has 0 spiro atoms. The Balaban J connectivity index is 0.902. The Kier molecular flexibility index (Phi) is 11.5. The molecule has 5 N–H and O–H groups in total. The van der Waals surface area contributed by atoms with Crippen LogP contribution >= 0.6 is 0 Å². The van der Waals surface area contributed by atoms with E-state index in [1.165, 1.54) is 9.80 Å². The molecule has 2 fully saturated rings.